The van der Waals surface area contributed by atoms with Crippen LogP contribution in [-0.2, 0) is 24.7 Å². The maximum atomic E-state index is 9.63. The van der Waals surface area contributed by atoms with Crippen LogP contribution in [0, 0.1) is 0 Å². The highest BCUT2D eigenvalue weighted by atomic mass is 28.5. The van der Waals surface area contributed by atoms with E-state index in [0.29, 0.717) is 10.5 Å². The van der Waals surface area contributed by atoms with E-state index in [-0.39, 0.29) is 0 Å². The SMILES string of the molecule is CCCCCCCCCCCCCC[SiH](C)O[SiH2]O[SiH2]O[Si](O)(O)O[SiH2]O[SiH2]O[SiH3]. The predicted octanol–water partition coefficient (Wildman–Crippen LogP) is -1.16. The first-order valence-corrected chi connectivity index (χ1v) is 21.1. The van der Waals surface area contributed by atoms with Crippen molar-refractivity contribution in [3.05, 3.63) is 0 Å². The second-order valence-corrected chi connectivity index (χ2v) is 21.1. The van der Waals surface area contributed by atoms with Crippen LogP contribution in [-0.4, -0.2) is 78.2 Å². The Bertz CT molecular complexity index is 361. The monoisotopic (exact) mass is 550 g/mol. The molecule has 8 nitrogen and oxygen atoms in total. The Morgan fingerprint density at radius 3 is 1.70 bits per heavy atom. The highest BCUT2D eigenvalue weighted by Gasteiger charge is 2.35. The quantitative estimate of drug-likeness (QED) is 0.115. The maximum absolute atomic E-state index is 9.63. The van der Waals surface area contributed by atoms with Gasteiger partial charge in [0, 0.05) is 0 Å². The van der Waals surface area contributed by atoms with Crippen LogP contribution >= 0.6 is 0 Å². The van der Waals surface area contributed by atoms with Crippen molar-refractivity contribution in [3.8, 4) is 0 Å². The van der Waals surface area contributed by atoms with Gasteiger partial charge in [-0.2, -0.15) is 0 Å². The summed E-state index contributed by atoms with van der Waals surface area (Å²) in [6.07, 6.45) is 16.4. The molecule has 0 aromatic heterocycles. The molecule has 0 fully saturated rings. The summed E-state index contributed by atoms with van der Waals surface area (Å²) >= 11 is 0. The van der Waals surface area contributed by atoms with Gasteiger partial charge >= 0.3 is 9.05 Å². The lowest BCUT2D eigenvalue weighted by atomic mass is 10.1. The highest BCUT2D eigenvalue weighted by Crippen LogP contribution is 2.13. The van der Waals surface area contributed by atoms with Gasteiger partial charge in [0.1, 0.15) is 10.5 Å². The molecular formula is C15H46O8Si7. The van der Waals surface area contributed by atoms with Crippen molar-refractivity contribution in [1.29, 1.82) is 0 Å². The van der Waals surface area contributed by atoms with Crippen LogP contribution in [0.2, 0.25) is 12.6 Å². The summed E-state index contributed by atoms with van der Waals surface area (Å²) in [6.45, 7) is 4.48. The summed E-state index contributed by atoms with van der Waals surface area (Å²) in [5.74, 6) is 0. The molecule has 1 atom stereocenters. The molecule has 0 amide bonds. The predicted molar refractivity (Wildman–Crippen MR) is 140 cm³/mol. The Kier molecular flexibility index (Phi) is 24.3. The summed E-state index contributed by atoms with van der Waals surface area (Å²) in [5.41, 5.74) is 0. The molecule has 0 aliphatic heterocycles. The van der Waals surface area contributed by atoms with Crippen LogP contribution < -0.4 is 0 Å². The Labute approximate surface area is 199 Å². The fraction of sp³-hybridized carbons (Fsp3) is 1.00. The van der Waals surface area contributed by atoms with Gasteiger partial charge in [0.25, 0.3) is 40.0 Å². The van der Waals surface area contributed by atoms with Crippen LogP contribution in [0.5, 0.6) is 0 Å². The van der Waals surface area contributed by atoms with E-state index in [2.05, 4.69) is 13.5 Å². The molecule has 0 rings (SSSR count). The fourth-order valence-corrected chi connectivity index (χ4v) is 13.8. The minimum absolute atomic E-state index is 0.635. The van der Waals surface area contributed by atoms with E-state index >= 15 is 0 Å². The molecule has 0 saturated carbocycles. The van der Waals surface area contributed by atoms with Gasteiger partial charge in [0.05, 0.1) is 0 Å². The average molecular weight is 551 g/mol. The molecule has 2 N–H and O–H groups in total. The van der Waals surface area contributed by atoms with E-state index in [0.717, 1.165) is 0 Å². The third-order valence-electron chi connectivity index (χ3n) is 4.76. The second-order valence-electron chi connectivity index (χ2n) is 7.66. The van der Waals surface area contributed by atoms with E-state index < -0.39 is 58.1 Å². The smallest absolute Gasteiger partial charge is 0.449 e. The molecule has 0 aromatic rings. The first kappa shape index (κ1) is 31.2. The van der Waals surface area contributed by atoms with Crippen LogP contribution in [0.25, 0.3) is 0 Å². The van der Waals surface area contributed by atoms with E-state index in [1.54, 1.807) is 0 Å². The van der Waals surface area contributed by atoms with Gasteiger partial charge in [-0.3, -0.25) is 0 Å². The van der Waals surface area contributed by atoms with Gasteiger partial charge in [-0.15, -0.1) is 0 Å². The molecule has 0 spiro atoms. The molecule has 0 heterocycles. The van der Waals surface area contributed by atoms with Crippen molar-refractivity contribution in [3.63, 3.8) is 0 Å². The molecule has 0 aliphatic rings. The summed E-state index contributed by atoms with van der Waals surface area (Å²) in [4.78, 5) is 19.3. The Morgan fingerprint density at radius 2 is 1.20 bits per heavy atom. The van der Waals surface area contributed by atoms with E-state index in [4.69, 9.17) is 24.7 Å². The van der Waals surface area contributed by atoms with Crippen molar-refractivity contribution in [2.24, 2.45) is 0 Å². The Balaban J connectivity index is 3.35. The third kappa shape index (κ3) is 23.9. The molecule has 0 aliphatic carbocycles. The van der Waals surface area contributed by atoms with Crippen molar-refractivity contribution in [2.45, 2.75) is 96.6 Å². The van der Waals surface area contributed by atoms with Gasteiger partial charge in [0.15, 0.2) is 9.04 Å². The zero-order chi connectivity index (χ0) is 22.3. The van der Waals surface area contributed by atoms with Crippen LogP contribution in [0.1, 0.15) is 84.0 Å². The molecule has 0 radical (unpaired) electrons. The molecule has 0 aromatic carbocycles. The Morgan fingerprint density at radius 1 is 0.733 bits per heavy atom. The maximum Gasteiger partial charge on any atom is 0.655 e. The van der Waals surface area contributed by atoms with Crippen molar-refractivity contribution >= 4 is 68.6 Å². The van der Waals surface area contributed by atoms with E-state index in [1.807, 2.05) is 0 Å². The summed E-state index contributed by atoms with van der Waals surface area (Å²) < 4.78 is 31.4. The third-order valence-corrected chi connectivity index (χ3v) is 16.4. The lowest BCUT2D eigenvalue weighted by Gasteiger charge is -2.18. The minimum Gasteiger partial charge on any atom is -0.449 e. The molecule has 15 heteroatoms. The molecular weight excluding hydrogens is 505 g/mol. The summed E-state index contributed by atoms with van der Waals surface area (Å²) in [6, 6.07) is 1.19. The molecule has 0 saturated heterocycles. The van der Waals surface area contributed by atoms with Crippen molar-refractivity contribution in [2.75, 3.05) is 0 Å². The van der Waals surface area contributed by atoms with Gasteiger partial charge in [-0.05, 0) is 12.6 Å². The van der Waals surface area contributed by atoms with Crippen LogP contribution in [0.4, 0.5) is 0 Å². The first-order chi connectivity index (χ1) is 14.5. The number of rotatable bonds is 24. The lowest BCUT2D eigenvalue weighted by Crippen LogP contribution is -2.46. The average Bonchev–Trinajstić information content (AvgIpc) is 2.71. The second kappa shape index (κ2) is 23.4. The number of hydrogen-bond donors (Lipinski definition) is 2. The zero-order valence-electron chi connectivity index (χ0n) is 19.4. The summed E-state index contributed by atoms with van der Waals surface area (Å²) in [7, 11) is -9.55. The van der Waals surface area contributed by atoms with Gasteiger partial charge in [0.2, 0.25) is 0 Å². The molecule has 182 valence electrons. The van der Waals surface area contributed by atoms with Crippen molar-refractivity contribution in [1.82, 2.24) is 0 Å². The standard InChI is InChI=1S/C15H46O8Si7/c1-3-4-5-6-7-8-9-10-11-12-13-14-15-29(2)21-26-20-28-23-30(16,17)22-27-19-25-18-24/h16-17,29H,3-15,25-28H2,1-2,24H3. The zero-order valence-corrected chi connectivity index (χ0v) is 29.3. The number of unbranched alkanes of at least 4 members (excludes halogenated alkanes) is 11. The van der Waals surface area contributed by atoms with E-state index in [1.165, 1.54) is 83.1 Å². The highest BCUT2D eigenvalue weighted by molar-refractivity contribution is 6.63. The fourth-order valence-electron chi connectivity index (χ4n) is 2.95. The molecule has 1 unspecified atom stereocenters. The largest absolute Gasteiger partial charge is 0.655 e. The van der Waals surface area contributed by atoms with Gasteiger partial charge < -0.3 is 34.3 Å². The van der Waals surface area contributed by atoms with Crippen molar-refractivity contribution < 1.29 is 34.3 Å². The minimum atomic E-state index is -4.05. The topological polar surface area (TPSA) is 95.8 Å². The van der Waals surface area contributed by atoms with Crippen LogP contribution in [0.3, 0.4) is 0 Å². The van der Waals surface area contributed by atoms with E-state index in [9.17, 15) is 9.59 Å². The van der Waals surface area contributed by atoms with Gasteiger partial charge in [-0.25, -0.2) is 0 Å². The molecule has 30 heavy (non-hydrogen) atoms. The first-order valence-electron chi connectivity index (χ1n) is 11.5. The van der Waals surface area contributed by atoms with Crippen LogP contribution in [0.15, 0.2) is 0 Å². The Hall–Kier alpha value is 1.20. The van der Waals surface area contributed by atoms with Gasteiger partial charge in [-0.1, -0.05) is 84.0 Å². The number of hydrogen-bond acceptors (Lipinski definition) is 8. The lowest BCUT2D eigenvalue weighted by molar-refractivity contribution is 0.129. The molecule has 0 bridgehead atoms. The normalized spacial score (nSPS) is 14.8. The summed E-state index contributed by atoms with van der Waals surface area (Å²) in [5, 5.41) is 0.